The van der Waals surface area contributed by atoms with E-state index in [0.29, 0.717) is 26.0 Å². The molecular formula is C22H34N2O3. The number of ether oxygens (including phenoxy) is 1. The molecule has 4 bridgehead atoms. The quantitative estimate of drug-likeness (QED) is 0.483. The number of rotatable bonds is 9. The lowest BCUT2D eigenvalue weighted by atomic mass is 9.53. The minimum Gasteiger partial charge on any atom is -0.466 e. The Morgan fingerprint density at radius 2 is 1.74 bits per heavy atom. The Morgan fingerprint density at radius 1 is 1.07 bits per heavy atom. The number of hydrogen-bond donors (Lipinski definition) is 0. The van der Waals surface area contributed by atoms with Crippen LogP contribution in [0.25, 0.3) is 0 Å². The molecule has 150 valence electrons. The monoisotopic (exact) mass is 374 g/mol. The zero-order chi connectivity index (χ0) is 18.9. The summed E-state index contributed by atoms with van der Waals surface area (Å²) in [5.41, 5.74) is 0.197. The van der Waals surface area contributed by atoms with Gasteiger partial charge in [-0.05, 0) is 69.1 Å². The average molecular weight is 375 g/mol. The van der Waals surface area contributed by atoms with Crippen molar-refractivity contribution >= 4 is 5.97 Å². The maximum atomic E-state index is 13.0. The van der Waals surface area contributed by atoms with Crippen molar-refractivity contribution in [2.45, 2.75) is 89.6 Å². The van der Waals surface area contributed by atoms with E-state index in [9.17, 15) is 9.59 Å². The summed E-state index contributed by atoms with van der Waals surface area (Å²) in [4.78, 5) is 24.8. The number of aromatic nitrogens is 2. The van der Waals surface area contributed by atoms with Gasteiger partial charge in [-0.15, -0.1) is 0 Å². The minimum absolute atomic E-state index is 0.0787. The molecule has 0 aromatic carbocycles. The Bertz CT molecular complexity index is 682. The van der Waals surface area contributed by atoms with Crippen LogP contribution < -0.4 is 5.69 Å². The molecule has 5 heteroatoms. The fraction of sp³-hybridized carbons (Fsp3) is 0.818. The topological polar surface area (TPSA) is 53.2 Å². The highest BCUT2D eigenvalue weighted by Crippen LogP contribution is 2.58. The van der Waals surface area contributed by atoms with E-state index in [1.165, 1.54) is 38.5 Å². The van der Waals surface area contributed by atoms with Crippen LogP contribution >= 0.6 is 0 Å². The Morgan fingerprint density at radius 3 is 2.37 bits per heavy atom. The van der Waals surface area contributed by atoms with Gasteiger partial charge < -0.3 is 4.74 Å². The molecule has 0 spiro atoms. The normalized spacial score (nSPS) is 31.4. The first-order valence-corrected chi connectivity index (χ1v) is 11.0. The number of nitrogens with zero attached hydrogens (tertiary/aromatic N) is 2. The van der Waals surface area contributed by atoms with Gasteiger partial charge in [-0.1, -0.05) is 19.8 Å². The largest absolute Gasteiger partial charge is 0.466 e. The van der Waals surface area contributed by atoms with E-state index in [-0.39, 0.29) is 17.2 Å². The van der Waals surface area contributed by atoms with Crippen molar-refractivity contribution in [1.29, 1.82) is 0 Å². The van der Waals surface area contributed by atoms with Gasteiger partial charge in [-0.3, -0.25) is 13.9 Å². The maximum Gasteiger partial charge on any atom is 0.328 e. The van der Waals surface area contributed by atoms with Crippen LogP contribution in [0.15, 0.2) is 17.2 Å². The summed E-state index contributed by atoms with van der Waals surface area (Å²) in [6.45, 7) is 3.26. The summed E-state index contributed by atoms with van der Waals surface area (Å²) in [7, 11) is 0. The molecule has 0 aliphatic heterocycles. The van der Waals surface area contributed by atoms with E-state index in [1.54, 1.807) is 4.57 Å². The van der Waals surface area contributed by atoms with Gasteiger partial charge in [0.15, 0.2) is 0 Å². The third-order valence-corrected chi connectivity index (χ3v) is 7.16. The second-order valence-electron chi connectivity index (χ2n) is 9.32. The van der Waals surface area contributed by atoms with Gasteiger partial charge in [0.05, 0.1) is 6.61 Å². The number of carbonyl (C=O) groups excluding carboxylic acids is 1. The highest BCUT2D eigenvalue weighted by molar-refractivity contribution is 5.69. The summed E-state index contributed by atoms with van der Waals surface area (Å²) in [6.07, 6.45) is 15.9. The molecular weight excluding hydrogens is 340 g/mol. The number of imidazole rings is 1. The number of unbranched alkanes of at least 4 members (excludes halogenated alkanes) is 2. The smallest absolute Gasteiger partial charge is 0.328 e. The molecule has 1 aromatic rings. The van der Waals surface area contributed by atoms with Crippen molar-refractivity contribution in [3.8, 4) is 0 Å². The van der Waals surface area contributed by atoms with Crippen molar-refractivity contribution in [2.24, 2.45) is 17.8 Å². The lowest BCUT2D eigenvalue weighted by Crippen LogP contribution is -2.54. The Hall–Kier alpha value is -1.52. The van der Waals surface area contributed by atoms with Gasteiger partial charge in [-0.2, -0.15) is 0 Å². The molecule has 27 heavy (non-hydrogen) atoms. The third-order valence-electron chi connectivity index (χ3n) is 7.16. The first-order valence-electron chi connectivity index (χ1n) is 11.0. The average Bonchev–Trinajstić information content (AvgIpc) is 2.99. The number of esters is 1. The molecule has 4 saturated carbocycles. The van der Waals surface area contributed by atoms with Crippen molar-refractivity contribution in [2.75, 3.05) is 6.61 Å². The Balaban J connectivity index is 1.32. The highest BCUT2D eigenvalue weighted by atomic mass is 16.5. The fourth-order valence-electron chi connectivity index (χ4n) is 6.31. The lowest BCUT2D eigenvalue weighted by molar-refractivity contribution is -0.143. The Kier molecular flexibility index (Phi) is 5.47. The SMILES string of the molecule is CCCCCOC(=O)CCCn1ccn(C23CC4CC(CC(C4)C2)C3)c1=O. The molecule has 5 nitrogen and oxygen atoms in total. The van der Waals surface area contributed by atoms with Crippen molar-refractivity contribution in [3.05, 3.63) is 22.9 Å². The second-order valence-corrected chi connectivity index (χ2v) is 9.32. The molecule has 0 atom stereocenters. The van der Waals surface area contributed by atoms with Crippen LogP contribution in [0.5, 0.6) is 0 Å². The van der Waals surface area contributed by atoms with Crippen LogP contribution in [-0.2, 0) is 21.6 Å². The molecule has 0 amide bonds. The molecule has 0 unspecified atom stereocenters. The molecule has 4 aliphatic carbocycles. The molecule has 1 aromatic heterocycles. The second kappa shape index (κ2) is 7.84. The summed E-state index contributed by atoms with van der Waals surface area (Å²) >= 11 is 0. The fourth-order valence-corrected chi connectivity index (χ4v) is 6.31. The number of aryl methyl sites for hydroxylation is 1. The summed E-state index contributed by atoms with van der Waals surface area (Å²) in [5, 5.41) is 0. The lowest BCUT2D eigenvalue weighted by Gasteiger charge is -2.56. The van der Waals surface area contributed by atoms with Crippen molar-refractivity contribution in [1.82, 2.24) is 9.13 Å². The first kappa shape index (κ1) is 18.8. The van der Waals surface area contributed by atoms with E-state index in [2.05, 4.69) is 11.5 Å². The van der Waals surface area contributed by atoms with Gasteiger partial charge in [0.25, 0.3) is 0 Å². The number of carbonyl (C=O) groups is 1. The molecule has 4 aliphatic rings. The van der Waals surface area contributed by atoms with Crippen LogP contribution in [-0.4, -0.2) is 21.7 Å². The highest BCUT2D eigenvalue weighted by Gasteiger charge is 2.52. The minimum atomic E-state index is -0.139. The van der Waals surface area contributed by atoms with Gasteiger partial charge in [-0.25, -0.2) is 4.79 Å². The molecule has 4 fully saturated rings. The molecule has 1 heterocycles. The van der Waals surface area contributed by atoms with Crippen molar-refractivity contribution < 1.29 is 9.53 Å². The first-order chi connectivity index (χ1) is 13.1. The number of hydrogen-bond acceptors (Lipinski definition) is 3. The van der Waals surface area contributed by atoms with Gasteiger partial charge in [0.1, 0.15) is 0 Å². The van der Waals surface area contributed by atoms with E-state index in [4.69, 9.17) is 4.74 Å². The molecule has 0 radical (unpaired) electrons. The Labute approximate surface area is 162 Å². The van der Waals surface area contributed by atoms with Crippen LogP contribution in [0.2, 0.25) is 0 Å². The molecule has 0 saturated heterocycles. The predicted octanol–water partition coefficient (Wildman–Crippen LogP) is 4.09. The predicted molar refractivity (Wildman–Crippen MR) is 105 cm³/mol. The van der Waals surface area contributed by atoms with E-state index < -0.39 is 0 Å². The molecule has 0 N–H and O–H groups in total. The standard InChI is InChI=1S/C22H34N2O3/c1-2-3-4-10-27-20(25)6-5-7-23-8-9-24(21(23)26)22-14-17-11-18(15-22)13-19(12-17)16-22/h8-9,17-19H,2-7,10-16H2,1H3. The van der Waals surface area contributed by atoms with Gasteiger partial charge in [0.2, 0.25) is 0 Å². The summed E-state index contributed by atoms with van der Waals surface area (Å²) in [6, 6.07) is 0. The van der Waals surface area contributed by atoms with Crippen molar-refractivity contribution in [3.63, 3.8) is 0 Å². The van der Waals surface area contributed by atoms with Gasteiger partial charge in [0, 0.05) is 30.9 Å². The maximum absolute atomic E-state index is 13.0. The van der Waals surface area contributed by atoms with E-state index >= 15 is 0 Å². The van der Waals surface area contributed by atoms with E-state index in [0.717, 1.165) is 37.0 Å². The van der Waals surface area contributed by atoms with Crippen LogP contribution in [0.1, 0.15) is 77.6 Å². The summed E-state index contributed by atoms with van der Waals surface area (Å²) < 4.78 is 9.10. The zero-order valence-corrected chi connectivity index (χ0v) is 16.7. The van der Waals surface area contributed by atoms with Gasteiger partial charge >= 0.3 is 11.7 Å². The zero-order valence-electron chi connectivity index (χ0n) is 16.7. The van der Waals surface area contributed by atoms with Crippen LogP contribution in [0.3, 0.4) is 0 Å². The van der Waals surface area contributed by atoms with E-state index in [1.807, 2.05) is 12.4 Å². The van der Waals surface area contributed by atoms with Crippen LogP contribution in [0.4, 0.5) is 0 Å². The molecule has 5 rings (SSSR count). The third kappa shape index (κ3) is 3.88. The van der Waals surface area contributed by atoms with Crippen LogP contribution in [0, 0.1) is 17.8 Å². The summed E-state index contributed by atoms with van der Waals surface area (Å²) in [5.74, 6) is 2.34.